The third-order valence-electron chi connectivity index (χ3n) is 3.27. The Bertz CT molecular complexity index is 878. The highest BCUT2D eigenvalue weighted by Crippen LogP contribution is 2.20. The Morgan fingerprint density at radius 2 is 1.92 bits per heavy atom. The van der Waals surface area contributed by atoms with Gasteiger partial charge in [0, 0.05) is 17.0 Å². The van der Waals surface area contributed by atoms with Crippen molar-refractivity contribution in [1.29, 1.82) is 0 Å². The zero-order chi connectivity index (χ0) is 17.6. The molecular weight excluding hydrogens is 344 g/mol. The highest BCUT2D eigenvalue weighted by Gasteiger charge is 2.05. The quantitative estimate of drug-likeness (QED) is 0.510. The van der Waals surface area contributed by atoms with Gasteiger partial charge < -0.3 is 4.74 Å². The molecule has 3 rings (SSSR count). The Morgan fingerprint density at radius 1 is 1.16 bits per heavy atom. The largest absolute Gasteiger partial charge is 0.488 e. The number of ether oxygens (including phenoxy) is 1. The van der Waals surface area contributed by atoms with Crippen molar-refractivity contribution in [3.63, 3.8) is 0 Å². The minimum atomic E-state index is -0.408. The maximum absolute atomic E-state index is 13.5. The van der Waals surface area contributed by atoms with Crippen LogP contribution in [-0.2, 0) is 6.61 Å². The Balaban J connectivity index is 1.70. The molecule has 3 aromatic rings. The number of hydrogen-bond acceptors (Lipinski definition) is 5. The van der Waals surface area contributed by atoms with E-state index in [2.05, 4.69) is 15.5 Å². The standard InChI is InChI=1S/C18H15F2N3OS/c1-12-11-25-18(22-12)23-21-9-14-4-7-16(20)8-17(14)24-10-13-2-5-15(19)6-3-13/h2-9,11H,10H2,1H3,(H,22,23). The number of aryl methyl sites for hydroxylation is 1. The summed E-state index contributed by atoms with van der Waals surface area (Å²) in [6.45, 7) is 2.09. The van der Waals surface area contributed by atoms with Gasteiger partial charge in [0.25, 0.3) is 0 Å². The van der Waals surface area contributed by atoms with Gasteiger partial charge in [-0.05, 0) is 36.8 Å². The van der Waals surface area contributed by atoms with Crippen molar-refractivity contribution in [3.05, 3.63) is 76.3 Å². The summed E-state index contributed by atoms with van der Waals surface area (Å²) >= 11 is 1.44. The van der Waals surface area contributed by atoms with E-state index in [1.165, 1.54) is 41.8 Å². The minimum Gasteiger partial charge on any atom is -0.488 e. The number of nitrogens with one attached hydrogen (secondary N) is 1. The molecule has 0 saturated carbocycles. The van der Waals surface area contributed by atoms with E-state index in [1.54, 1.807) is 18.2 Å². The third-order valence-corrected chi connectivity index (χ3v) is 4.13. The van der Waals surface area contributed by atoms with Gasteiger partial charge in [-0.15, -0.1) is 11.3 Å². The number of thiazole rings is 1. The maximum Gasteiger partial charge on any atom is 0.203 e. The normalized spacial score (nSPS) is 11.0. The summed E-state index contributed by atoms with van der Waals surface area (Å²) in [6, 6.07) is 10.1. The van der Waals surface area contributed by atoms with Gasteiger partial charge in [-0.25, -0.2) is 13.8 Å². The number of rotatable bonds is 6. The van der Waals surface area contributed by atoms with Crippen molar-refractivity contribution in [1.82, 2.24) is 4.98 Å². The third kappa shape index (κ3) is 4.84. The van der Waals surface area contributed by atoms with Crippen molar-refractivity contribution < 1.29 is 13.5 Å². The van der Waals surface area contributed by atoms with Crippen LogP contribution < -0.4 is 10.2 Å². The molecule has 25 heavy (non-hydrogen) atoms. The van der Waals surface area contributed by atoms with Crippen molar-refractivity contribution in [2.45, 2.75) is 13.5 Å². The van der Waals surface area contributed by atoms with Gasteiger partial charge in [-0.1, -0.05) is 12.1 Å². The van der Waals surface area contributed by atoms with E-state index in [0.717, 1.165) is 11.3 Å². The molecule has 0 atom stereocenters. The topological polar surface area (TPSA) is 46.5 Å². The first-order valence-electron chi connectivity index (χ1n) is 7.48. The van der Waals surface area contributed by atoms with Crippen molar-refractivity contribution in [3.8, 4) is 5.75 Å². The molecule has 128 valence electrons. The highest BCUT2D eigenvalue weighted by molar-refractivity contribution is 7.13. The lowest BCUT2D eigenvalue weighted by Gasteiger charge is -2.09. The predicted molar refractivity (Wildman–Crippen MR) is 95.2 cm³/mol. The number of hydrogen-bond donors (Lipinski definition) is 1. The van der Waals surface area contributed by atoms with E-state index < -0.39 is 5.82 Å². The number of nitrogens with zero attached hydrogens (tertiary/aromatic N) is 2. The summed E-state index contributed by atoms with van der Waals surface area (Å²) < 4.78 is 32.1. The van der Waals surface area contributed by atoms with Crippen LogP contribution in [0.25, 0.3) is 0 Å². The van der Waals surface area contributed by atoms with E-state index in [4.69, 9.17) is 4.74 Å². The molecule has 2 aromatic carbocycles. The van der Waals surface area contributed by atoms with Crippen molar-refractivity contribution in [2.75, 3.05) is 5.43 Å². The average molecular weight is 359 g/mol. The molecule has 0 unspecified atom stereocenters. The molecule has 0 aliphatic heterocycles. The van der Waals surface area contributed by atoms with Gasteiger partial charge in [0.1, 0.15) is 24.0 Å². The molecule has 0 saturated heterocycles. The second kappa shape index (κ2) is 7.85. The molecule has 1 heterocycles. The van der Waals surface area contributed by atoms with Crippen LogP contribution >= 0.6 is 11.3 Å². The Kier molecular flexibility index (Phi) is 5.35. The predicted octanol–water partition coefficient (Wildman–Crippen LogP) is 4.75. The maximum atomic E-state index is 13.5. The Hall–Kier alpha value is -2.80. The number of hydrazone groups is 1. The van der Waals surface area contributed by atoms with E-state index in [0.29, 0.717) is 16.4 Å². The highest BCUT2D eigenvalue weighted by atomic mass is 32.1. The van der Waals surface area contributed by atoms with Crippen LogP contribution in [-0.4, -0.2) is 11.2 Å². The van der Waals surface area contributed by atoms with Crippen LogP contribution in [0.5, 0.6) is 5.75 Å². The SMILES string of the molecule is Cc1csc(NN=Cc2ccc(F)cc2OCc2ccc(F)cc2)n1. The zero-order valence-electron chi connectivity index (χ0n) is 13.4. The summed E-state index contributed by atoms with van der Waals surface area (Å²) in [5, 5.41) is 6.68. The summed E-state index contributed by atoms with van der Waals surface area (Å²) in [7, 11) is 0. The molecule has 0 radical (unpaired) electrons. The first-order chi connectivity index (χ1) is 12.1. The van der Waals surface area contributed by atoms with Crippen LogP contribution in [0.2, 0.25) is 0 Å². The van der Waals surface area contributed by atoms with Gasteiger partial charge in [0.15, 0.2) is 0 Å². The molecule has 1 N–H and O–H groups in total. The van der Waals surface area contributed by atoms with Crippen LogP contribution in [0.4, 0.5) is 13.9 Å². The second-order valence-electron chi connectivity index (χ2n) is 5.26. The first kappa shape index (κ1) is 17.0. The van der Waals surface area contributed by atoms with Gasteiger partial charge in [0.2, 0.25) is 5.13 Å². The molecule has 0 bridgehead atoms. The van der Waals surface area contributed by atoms with Crippen LogP contribution in [0.3, 0.4) is 0 Å². The second-order valence-corrected chi connectivity index (χ2v) is 6.12. The molecule has 0 amide bonds. The lowest BCUT2D eigenvalue weighted by molar-refractivity contribution is 0.304. The van der Waals surface area contributed by atoms with Gasteiger partial charge in [0.05, 0.1) is 11.9 Å². The fraction of sp³-hybridized carbons (Fsp3) is 0.111. The molecule has 7 heteroatoms. The van der Waals surface area contributed by atoms with Gasteiger partial charge in [-0.3, -0.25) is 5.43 Å². The first-order valence-corrected chi connectivity index (χ1v) is 8.36. The number of aromatic nitrogens is 1. The molecular formula is C18H15F2N3OS. The van der Waals surface area contributed by atoms with Gasteiger partial charge in [-0.2, -0.15) is 5.10 Å². The molecule has 0 aliphatic carbocycles. The zero-order valence-corrected chi connectivity index (χ0v) is 14.2. The van der Waals surface area contributed by atoms with E-state index in [1.807, 2.05) is 12.3 Å². The van der Waals surface area contributed by atoms with Crippen LogP contribution in [0, 0.1) is 18.6 Å². The minimum absolute atomic E-state index is 0.198. The molecule has 0 fully saturated rings. The van der Waals surface area contributed by atoms with Crippen molar-refractivity contribution >= 4 is 22.7 Å². The fourth-order valence-electron chi connectivity index (χ4n) is 2.04. The van der Waals surface area contributed by atoms with Crippen molar-refractivity contribution in [2.24, 2.45) is 5.10 Å². The summed E-state index contributed by atoms with van der Waals surface area (Å²) in [6.07, 6.45) is 1.54. The molecule has 0 aliphatic rings. The Morgan fingerprint density at radius 3 is 2.64 bits per heavy atom. The Labute approximate surface area is 147 Å². The number of benzene rings is 2. The molecule has 1 aromatic heterocycles. The van der Waals surface area contributed by atoms with Crippen LogP contribution in [0.1, 0.15) is 16.8 Å². The van der Waals surface area contributed by atoms with Crippen LogP contribution in [0.15, 0.2) is 52.9 Å². The smallest absolute Gasteiger partial charge is 0.203 e. The summed E-state index contributed by atoms with van der Waals surface area (Å²) in [4.78, 5) is 4.23. The summed E-state index contributed by atoms with van der Waals surface area (Å²) in [5.41, 5.74) is 5.13. The lowest BCUT2D eigenvalue weighted by atomic mass is 10.2. The number of halogens is 2. The van der Waals surface area contributed by atoms with E-state index in [9.17, 15) is 8.78 Å². The fourth-order valence-corrected chi connectivity index (χ4v) is 2.68. The summed E-state index contributed by atoms with van der Waals surface area (Å²) in [5.74, 6) is -0.370. The van der Waals surface area contributed by atoms with E-state index >= 15 is 0 Å². The molecule has 0 spiro atoms. The average Bonchev–Trinajstić information content (AvgIpc) is 3.01. The van der Waals surface area contributed by atoms with E-state index in [-0.39, 0.29) is 12.4 Å². The number of anilines is 1. The molecule has 4 nitrogen and oxygen atoms in total. The van der Waals surface area contributed by atoms with Gasteiger partial charge >= 0.3 is 0 Å². The monoisotopic (exact) mass is 359 g/mol. The lowest BCUT2D eigenvalue weighted by Crippen LogP contribution is -2.00.